The highest BCUT2D eigenvalue weighted by Gasteiger charge is 2.30. The van der Waals surface area contributed by atoms with Crippen LogP contribution in [0.3, 0.4) is 0 Å². The fourth-order valence-electron chi connectivity index (χ4n) is 3.72. The van der Waals surface area contributed by atoms with Gasteiger partial charge in [0.1, 0.15) is 5.82 Å². The molecule has 1 aliphatic carbocycles. The molecule has 0 atom stereocenters. The molecule has 1 aromatic carbocycles. The average Bonchev–Trinajstić information content (AvgIpc) is 3.47. The third-order valence-electron chi connectivity index (χ3n) is 5.42. The van der Waals surface area contributed by atoms with Gasteiger partial charge in [-0.3, -0.25) is 9.30 Å². The standard InChI is InChI=1S/C21H24N6/c1-2-5-17(6-3-1)7-4-11-25-13-15-26(16-14-25)20-21-24-23-19(18-8-9-18)27(21)12-10-22-20/h1-7,10,12,18H,8-9,11,13-16H2/b7-4+. The summed E-state index contributed by atoms with van der Waals surface area (Å²) in [6.45, 7) is 4.99. The minimum Gasteiger partial charge on any atom is -0.351 e. The van der Waals surface area contributed by atoms with Crippen LogP contribution >= 0.6 is 0 Å². The molecule has 0 spiro atoms. The Kier molecular flexibility index (Phi) is 4.33. The first-order chi connectivity index (χ1) is 13.4. The van der Waals surface area contributed by atoms with E-state index in [1.165, 1.54) is 18.4 Å². The number of rotatable bonds is 5. The van der Waals surface area contributed by atoms with Crippen molar-refractivity contribution in [1.29, 1.82) is 0 Å². The summed E-state index contributed by atoms with van der Waals surface area (Å²) in [6.07, 6.45) is 10.8. The molecule has 3 aromatic rings. The van der Waals surface area contributed by atoms with Crippen molar-refractivity contribution in [2.45, 2.75) is 18.8 Å². The zero-order valence-corrected chi connectivity index (χ0v) is 15.4. The van der Waals surface area contributed by atoms with Crippen LogP contribution in [0.1, 0.15) is 30.1 Å². The minimum absolute atomic E-state index is 0.587. The number of hydrogen-bond acceptors (Lipinski definition) is 5. The van der Waals surface area contributed by atoms with Crippen LogP contribution < -0.4 is 4.90 Å². The van der Waals surface area contributed by atoms with E-state index in [2.05, 4.69) is 65.8 Å². The van der Waals surface area contributed by atoms with E-state index in [0.29, 0.717) is 5.92 Å². The van der Waals surface area contributed by atoms with Crippen molar-refractivity contribution in [3.63, 3.8) is 0 Å². The summed E-state index contributed by atoms with van der Waals surface area (Å²) in [4.78, 5) is 9.45. The number of nitrogens with zero attached hydrogens (tertiary/aromatic N) is 6. The van der Waals surface area contributed by atoms with Gasteiger partial charge in [-0.25, -0.2) is 4.98 Å². The van der Waals surface area contributed by atoms with Gasteiger partial charge in [0.05, 0.1) is 0 Å². The molecule has 2 fully saturated rings. The second kappa shape index (κ2) is 7.12. The number of anilines is 1. The molecule has 5 rings (SSSR count). The summed E-state index contributed by atoms with van der Waals surface area (Å²) in [5, 5.41) is 8.87. The second-order valence-electron chi connectivity index (χ2n) is 7.38. The fraction of sp³-hybridized carbons (Fsp3) is 0.381. The van der Waals surface area contributed by atoms with Crippen molar-refractivity contribution < 1.29 is 0 Å². The summed E-state index contributed by atoms with van der Waals surface area (Å²) in [7, 11) is 0. The van der Waals surface area contributed by atoms with Crippen molar-refractivity contribution in [2.24, 2.45) is 0 Å². The maximum atomic E-state index is 4.62. The van der Waals surface area contributed by atoms with Crippen molar-refractivity contribution in [3.05, 3.63) is 60.2 Å². The molecule has 0 unspecified atom stereocenters. The van der Waals surface area contributed by atoms with Crippen LogP contribution in [0.2, 0.25) is 0 Å². The Hall–Kier alpha value is -2.73. The van der Waals surface area contributed by atoms with Gasteiger partial charge in [-0.15, -0.1) is 10.2 Å². The lowest BCUT2D eigenvalue weighted by molar-refractivity contribution is 0.284. The highest BCUT2D eigenvalue weighted by molar-refractivity contribution is 5.64. The molecule has 3 heterocycles. The first kappa shape index (κ1) is 16.4. The molecule has 6 heteroatoms. The zero-order valence-electron chi connectivity index (χ0n) is 15.4. The van der Waals surface area contributed by atoms with E-state index < -0.39 is 0 Å². The first-order valence-corrected chi connectivity index (χ1v) is 9.77. The molecular weight excluding hydrogens is 336 g/mol. The molecular formula is C21H24N6. The van der Waals surface area contributed by atoms with Crippen molar-refractivity contribution >= 4 is 17.5 Å². The number of fused-ring (bicyclic) bond motifs is 1. The van der Waals surface area contributed by atoms with Gasteiger partial charge in [-0.1, -0.05) is 42.5 Å². The van der Waals surface area contributed by atoms with Gasteiger partial charge in [0.2, 0.25) is 5.65 Å². The molecule has 138 valence electrons. The van der Waals surface area contributed by atoms with Gasteiger partial charge in [-0.2, -0.15) is 0 Å². The summed E-state index contributed by atoms with van der Waals surface area (Å²) in [5.41, 5.74) is 2.15. The monoisotopic (exact) mass is 360 g/mol. The third-order valence-corrected chi connectivity index (χ3v) is 5.42. The first-order valence-electron chi connectivity index (χ1n) is 9.77. The number of piperazine rings is 1. The maximum absolute atomic E-state index is 4.62. The lowest BCUT2D eigenvalue weighted by Gasteiger charge is -2.34. The molecule has 1 aliphatic heterocycles. The second-order valence-corrected chi connectivity index (χ2v) is 7.38. The van der Waals surface area contributed by atoms with Gasteiger partial charge < -0.3 is 4.90 Å². The van der Waals surface area contributed by atoms with E-state index in [0.717, 1.165) is 50.0 Å². The van der Waals surface area contributed by atoms with Gasteiger partial charge in [0.25, 0.3) is 0 Å². The maximum Gasteiger partial charge on any atom is 0.203 e. The number of benzene rings is 1. The average molecular weight is 360 g/mol. The lowest BCUT2D eigenvalue weighted by Crippen LogP contribution is -2.46. The molecule has 1 saturated heterocycles. The predicted molar refractivity (Wildman–Crippen MR) is 107 cm³/mol. The number of aromatic nitrogens is 4. The fourth-order valence-corrected chi connectivity index (χ4v) is 3.72. The van der Waals surface area contributed by atoms with Crippen molar-refractivity contribution in [3.8, 4) is 0 Å². The number of hydrogen-bond donors (Lipinski definition) is 0. The summed E-state index contributed by atoms with van der Waals surface area (Å²) >= 11 is 0. The van der Waals surface area contributed by atoms with Crippen LogP contribution in [0.25, 0.3) is 11.7 Å². The molecule has 0 radical (unpaired) electrons. The highest BCUT2D eigenvalue weighted by atomic mass is 15.3. The predicted octanol–water partition coefficient (Wildman–Crippen LogP) is 2.84. The van der Waals surface area contributed by atoms with Crippen molar-refractivity contribution in [1.82, 2.24) is 24.5 Å². The van der Waals surface area contributed by atoms with E-state index in [4.69, 9.17) is 0 Å². The van der Waals surface area contributed by atoms with Crippen LogP contribution in [0.15, 0.2) is 48.8 Å². The highest BCUT2D eigenvalue weighted by Crippen LogP contribution is 2.39. The Morgan fingerprint density at radius 3 is 2.59 bits per heavy atom. The van der Waals surface area contributed by atoms with E-state index in [-0.39, 0.29) is 0 Å². The van der Waals surface area contributed by atoms with Gasteiger partial charge >= 0.3 is 0 Å². The Morgan fingerprint density at radius 1 is 1.00 bits per heavy atom. The molecule has 2 aliphatic rings. The van der Waals surface area contributed by atoms with Crippen LogP contribution in [0.5, 0.6) is 0 Å². The molecule has 6 nitrogen and oxygen atoms in total. The van der Waals surface area contributed by atoms with Crippen molar-refractivity contribution in [2.75, 3.05) is 37.6 Å². The third kappa shape index (κ3) is 3.45. The molecule has 1 saturated carbocycles. The topological polar surface area (TPSA) is 49.6 Å². The zero-order chi connectivity index (χ0) is 18.1. The molecule has 27 heavy (non-hydrogen) atoms. The van der Waals surface area contributed by atoms with E-state index in [9.17, 15) is 0 Å². The Labute approximate surface area is 159 Å². The summed E-state index contributed by atoms with van der Waals surface area (Å²) in [6, 6.07) is 10.5. The SMILES string of the molecule is C(=C\c1ccccc1)/CN1CCN(c2nccn3c(C4CC4)nnc23)CC1. The minimum atomic E-state index is 0.587. The van der Waals surface area contributed by atoms with Crippen LogP contribution in [0, 0.1) is 0 Å². The Morgan fingerprint density at radius 2 is 1.81 bits per heavy atom. The van der Waals surface area contributed by atoms with Gasteiger partial charge in [0, 0.05) is 51.0 Å². The van der Waals surface area contributed by atoms with E-state index >= 15 is 0 Å². The van der Waals surface area contributed by atoms with Crippen LogP contribution in [-0.4, -0.2) is 57.2 Å². The molecule has 0 N–H and O–H groups in total. The lowest BCUT2D eigenvalue weighted by atomic mass is 10.2. The molecule has 0 bridgehead atoms. The Balaban J connectivity index is 1.23. The Bertz CT molecular complexity index is 936. The normalized spacial score (nSPS) is 18.6. The van der Waals surface area contributed by atoms with E-state index in [1.54, 1.807) is 0 Å². The van der Waals surface area contributed by atoms with Gasteiger partial charge in [0.15, 0.2) is 5.82 Å². The van der Waals surface area contributed by atoms with Crippen LogP contribution in [-0.2, 0) is 0 Å². The molecule has 2 aromatic heterocycles. The smallest absolute Gasteiger partial charge is 0.203 e. The van der Waals surface area contributed by atoms with Gasteiger partial charge in [-0.05, 0) is 18.4 Å². The van der Waals surface area contributed by atoms with E-state index in [1.807, 2.05) is 18.5 Å². The summed E-state index contributed by atoms with van der Waals surface area (Å²) < 4.78 is 2.13. The largest absolute Gasteiger partial charge is 0.351 e. The van der Waals surface area contributed by atoms with Crippen LogP contribution in [0.4, 0.5) is 5.82 Å². The summed E-state index contributed by atoms with van der Waals surface area (Å²) in [5.74, 6) is 2.65. The molecule has 0 amide bonds. The quantitative estimate of drug-likeness (QED) is 0.700.